The Balaban J connectivity index is 2.34. The van der Waals surface area contributed by atoms with Crippen LogP contribution in [0.2, 0.25) is 0 Å². The number of carboxylic acid groups (broad SMARTS) is 1. The van der Waals surface area contributed by atoms with E-state index in [4.69, 9.17) is 5.73 Å². The Labute approximate surface area is 105 Å². The molecule has 0 fully saturated rings. The van der Waals surface area contributed by atoms with Gasteiger partial charge in [0, 0.05) is 13.1 Å². The lowest BCUT2D eigenvalue weighted by atomic mass is 9.89. The molecular formula is C13H16N2O3. The van der Waals surface area contributed by atoms with Crippen molar-refractivity contribution in [3.8, 4) is 0 Å². The van der Waals surface area contributed by atoms with Gasteiger partial charge in [-0.25, -0.2) is 0 Å². The molecule has 2 rings (SSSR count). The maximum atomic E-state index is 11.9. The Morgan fingerprint density at radius 1 is 1.44 bits per heavy atom. The van der Waals surface area contributed by atoms with Crippen LogP contribution in [0, 0.1) is 0 Å². The van der Waals surface area contributed by atoms with Gasteiger partial charge in [0.05, 0.1) is 12.0 Å². The number of carboxylic acids is 1. The summed E-state index contributed by atoms with van der Waals surface area (Å²) in [5.41, 5.74) is 7.24. The summed E-state index contributed by atoms with van der Waals surface area (Å²) in [7, 11) is 0. The summed E-state index contributed by atoms with van der Waals surface area (Å²) in [4.78, 5) is 24.7. The standard InChI is InChI=1S/C13H16N2O3/c1-8(14)12(16)15-6-9-4-2-3-5-10(9)11(7-15)13(17)18/h2-5,8,11H,6-7,14H2,1H3,(H,17,18). The third kappa shape index (κ3) is 2.22. The summed E-state index contributed by atoms with van der Waals surface area (Å²) in [6.07, 6.45) is 0. The zero-order valence-corrected chi connectivity index (χ0v) is 10.2. The molecule has 0 radical (unpaired) electrons. The predicted octanol–water partition coefficient (Wildman–Crippen LogP) is 0.544. The number of fused-ring (bicyclic) bond motifs is 1. The number of aliphatic carboxylic acids is 1. The highest BCUT2D eigenvalue weighted by Crippen LogP contribution is 2.28. The lowest BCUT2D eigenvalue weighted by Gasteiger charge is -2.33. The quantitative estimate of drug-likeness (QED) is 0.800. The van der Waals surface area contributed by atoms with Crippen molar-refractivity contribution in [1.82, 2.24) is 4.90 Å². The van der Waals surface area contributed by atoms with Crippen LogP contribution >= 0.6 is 0 Å². The topological polar surface area (TPSA) is 83.6 Å². The second-order valence-electron chi connectivity index (χ2n) is 4.60. The number of hydrogen-bond donors (Lipinski definition) is 2. The Kier molecular flexibility index (Phi) is 3.34. The molecule has 3 N–H and O–H groups in total. The van der Waals surface area contributed by atoms with Crippen LogP contribution in [0.25, 0.3) is 0 Å². The van der Waals surface area contributed by atoms with Crippen molar-refractivity contribution in [2.75, 3.05) is 6.54 Å². The number of nitrogens with two attached hydrogens (primary N) is 1. The number of carbonyl (C=O) groups is 2. The minimum Gasteiger partial charge on any atom is -0.481 e. The molecule has 5 nitrogen and oxygen atoms in total. The van der Waals surface area contributed by atoms with Crippen molar-refractivity contribution >= 4 is 11.9 Å². The van der Waals surface area contributed by atoms with Crippen LogP contribution in [0.5, 0.6) is 0 Å². The maximum Gasteiger partial charge on any atom is 0.312 e. The Morgan fingerprint density at radius 2 is 2.11 bits per heavy atom. The third-order valence-corrected chi connectivity index (χ3v) is 3.19. The largest absolute Gasteiger partial charge is 0.481 e. The number of rotatable bonds is 2. The van der Waals surface area contributed by atoms with Crippen LogP contribution in [0.15, 0.2) is 24.3 Å². The van der Waals surface area contributed by atoms with E-state index in [9.17, 15) is 14.7 Å². The molecule has 2 atom stereocenters. The van der Waals surface area contributed by atoms with Gasteiger partial charge in [0.25, 0.3) is 0 Å². The second kappa shape index (κ2) is 4.78. The lowest BCUT2D eigenvalue weighted by molar-refractivity contribution is -0.141. The van der Waals surface area contributed by atoms with Crippen LogP contribution < -0.4 is 5.73 Å². The molecule has 0 aromatic heterocycles. The minimum atomic E-state index is -0.912. The number of hydrogen-bond acceptors (Lipinski definition) is 3. The van der Waals surface area contributed by atoms with E-state index in [1.54, 1.807) is 6.92 Å². The van der Waals surface area contributed by atoms with Crippen molar-refractivity contribution in [3.63, 3.8) is 0 Å². The molecule has 0 saturated carbocycles. The van der Waals surface area contributed by atoms with Gasteiger partial charge in [0.1, 0.15) is 0 Å². The summed E-state index contributed by atoms with van der Waals surface area (Å²) in [5, 5.41) is 9.25. The van der Waals surface area contributed by atoms with Crippen LogP contribution in [0.1, 0.15) is 24.0 Å². The van der Waals surface area contributed by atoms with Gasteiger partial charge in [0.15, 0.2) is 0 Å². The van der Waals surface area contributed by atoms with Crippen molar-refractivity contribution in [1.29, 1.82) is 0 Å². The highest BCUT2D eigenvalue weighted by atomic mass is 16.4. The monoisotopic (exact) mass is 248 g/mol. The summed E-state index contributed by atoms with van der Waals surface area (Å²) < 4.78 is 0. The van der Waals surface area contributed by atoms with Gasteiger partial charge in [-0.3, -0.25) is 9.59 Å². The van der Waals surface area contributed by atoms with Crippen molar-refractivity contribution in [3.05, 3.63) is 35.4 Å². The van der Waals surface area contributed by atoms with Gasteiger partial charge in [-0.1, -0.05) is 24.3 Å². The number of nitrogens with zero attached hydrogens (tertiary/aromatic N) is 1. The molecule has 1 aromatic carbocycles. The predicted molar refractivity (Wildman–Crippen MR) is 65.9 cm³/mol. The van der Waals surface area contributed by atoms with Gasteiger partial charge >= 0.3 is 5.97 Å². The molecule has 0 saturated heterocycles. The molecular weight excluding hydrogens is 232 g/mol. The fraction of sp³-hybridized carbons (Fsp3) is 0.385. The first-order chi connectivity index (χ1) is 8.50. The average Bonchev–Trinajstić information content (AvgIpc) is 2.36. The zero-order valence-electron chi connectivity index (χ0n) is 10.2. The van der Waals surface area contributed by atoms with E-state index in [0.717, 1.165) is 11.1 Å². The van der Waals surface area contributed by atoms with E-state index >= 15 is 0 Å². The second-order valence-corrected chi connectivity index (χ2v) is 4.60. The summed E-state index contributed by atoms with van der Waals surface area (Å²) in [6, 6.07) is 6.72. The van der Waals surface area contributed by atoms with E-state index < -0.39 is 17.9 Å². The fourth-order valence-corrected chi connectivity index (χ4v) is 2.27. The SMILES string of the molecule is CC(N)C(=O)N1Cc2ccccc2C(C(=O)O)C1. The van der Waals surface area contributed by atoms with Gasteiger partial charge in [0.2, 0.25) is 5.91 Å². The van der Waals surface area contributed by atoms with Crippen LogP contribution in [0.4, 0.5) is 0 Å². The number of carbonyl (C=O) groups excluding carboxylic acids is 1. The van der Waals surface area contributed by atoms with Gasteiger partial charge in [-0.05, 0) is 18.1 Å². The highest BCUT2D eigenvalue weighted by molar-refractivity contribution is 5.84. The molecule has 1 aliphatic heterocycles. The summed E-state index contributed by atoms with van der Waals surface area (Å²) >= 11 is 0. The van der Waals surface area contributed by atoms with Crippen LogP contribution in [-0.2, 0) is 16.1 Å². The Bertz CT molecular complexity index is 485. The first-order valence-corrected chi connectivity index (χ1v) is 5.85. The van der Waals surface area contributed by atoms with E-state index in [2.05, 4.69) is 0 Å². The molecule has 1 amide bonds. The summed E-state index contributed by atoms with van der Waals surface area (Å²) in [5.74, 6) is -1.79. The molecule has 2 unspecified atom stereocenters. The van der Waals surface area contributed by atoms with E-state index in [0.29, 0.717) is 6.54 Å². The maximum absolute atomic E-state index is 11.9. The molecule has 96 valence electrons. The van der Waals surface area contributed by atoms with Gasteiger partial charge in [-0.2, -0.15) is 0 Å². The van der Waals surface area contributed by atoms with E-state index in [1.165, 1.54) is 4.90 Å². The molecule has 0 aliphatic carbocycles. The minimum absolute atomic E-state index is 0.187. The smallest absolute Gasteiger partial charge is 0.312 e. The molecule has 1 heterocycles. The molecule has 0 bridgehead atoms. The Hall–Kier alpha value is -1.88. The fourth-order valence-electron chi connectivity index (χ4n) is 2.27. The normalized spacial score (nSPS) is 20.1. The lowest BCUT2D eigenvalue weighted by Crippen LogP contribution is -2.46. The van der Waals surface area contributed by atoms with Crippen LogP contribution in [0.3, 0.4) is 0 Å². The molecule has 1 aliphatic rings. The highest BCUT2D eigenvalue weighted by Gasteiger charge is 2.32. The third-order valence-electron chi connectivity index (χ3n) is 3.19. The van der Waals surface area contributed by atoms with Crippen molar-refractivity contribution in [2.45, 2.75) is 25.4 Å². The first-order valence-electron chi connectivity index (χ1n) is 5.85. The van der Waals surface area contributed by atoms with E-state index in [1.807, 2.05) is 24.3 Å². The number of benzene rings is 1. The molecule has 0 spiro atoms. The molecule has 5 heteroatoms. The van der Waals surface area contributed by atoms with Gasteiger partial charge < -0.3 is 15.7 Å². The summed E-state index contributed by atoms with van der Waals surface area (Å²) in [6.45, 7) is 2.23. The van der Waals surface area contributed by atoms with Crippen molar-refractivity contribution in [2.24, 2.45) is 5.73 Å². The number of amides is 1. The molecule has 1 aromatic rings. The Morgan fingerprint density at radius 3 is 2.72 bits per heavy atom. The van der Waals surface area contributed by atoms with E-state index in [-0.39, 0.29) is 12.5 Å². The molecule has 18 heavy (non-hydrogen) atoms. The van der Waals surface area contributed by atoms with Gasteiger partial charge in [-0.15, -0.1) is 0 Å². The van der Waals surface area contributed by atoms with Crippen molar-refractivity contribution < 1.29 is 14.7 Å². The first kappa shape index (κ1) is 12.6. The van der Waals surface area contributed by atoms with Crippen LogP contribution in [-0.4, -0.2) is 34.5 Å². The average molecular weight is 248 g/mol. The zero-order chi connectivity index (χ0) is 13.3.